The number of carbonyl (C=O) groups excluding carboxylic acids is 1. The highest BCUT2D eigenvalue weighted by molar-refractivity contribution is 14.1. The SMILES string of the molecule is Cc1ccc2c(NC(=S)NC(=O)c3cccc(I)c3)cccc2n1. The molecule has 2 N–H and O–H groups in total. The Balaban J connectivity index is 1.77. The molecule has 0 aliphatic carbocycles. The average Bonchev–Trinajstić information content (AvgIpc) is 2.54. The van der Waals surface area contributed by atoms with Crippen molar-refractivity contribution in [2.45, 2.75) is 6.92 Å². The summed E-state index contributed by atoms with van der Waals surface area (Å²) in [5, 5.41) is 6.99. The molecule has 1 heterocycles. The molecule has 1 aromatic heterocycles. The Bertz CT molecular complexity index is 942. The molecule has 1 amide bonds. The first-order valence-corrected chi connectivity index (χ1v) is 8.76. The highest BCUT2D eigenvalue weighted by atomic mass is 127. The molecular weight excluding hydrogens is 433 g/mol. The van der Waals surface area contributed by atoms with Crippen LogP contribution in [0.15, 0.2) is 54.6 Å². The number of benzene rings is 2. The lowest BCUT2D eigenvalue weighted by molar-refractivity contribution is 0.0977. The van der Waals surface area contributed by atoms with Gasteiger partial charge < -0.3 is 5.32 Å². The third-order valence-corrected chi connectivity index (χ3v) is 4.31. The quantitative estimate of drug-likeness (QED) is 0.455. The van der Waals surface area contributed by atoms with E-state index in [1.54, 1.807) is 6.07 Å². The summed E-state index contributed by atoms with van der Waals surface area (Å²) in [5.74, 6) is -0.236. The molecular formula is C18H14IN3OS. The summed E-state index contributed by atoms with van der Waals surface area (Å²) in [7, 11) is 0. The molecule has 120 valence electrons. The van der Waals surface area contributed by atoms with E-state index in [0.29, 0.717) is 5.56 Å². The molecule has 0 spiro atoms. The number of carbonyl (C=O) groups is 1. The van der Waals surface area contributed by atoms with Crippen LogP contribution in [0.4, 0.5) is 5.69 Å². The van der Waals surface area contributed by atoms with Gasteiger partial charge in [-0.15, -0.1) is 0 Å². The summed E-state index contributed by atoms with van der Waals surface area (Å²) in [6.07, 6.45) is 0. The Morgan fingerprint density at radius 3 is 2.71 bits per heavy atom. The molecule has 0 radical (unpaired) electrons. The van der Waals surface area contributed by atoms with Gasteiger partial charge in [-0.25, -0.2) is 0 Å². The lowest BCUT2D eigenvalue weighted by Crippen LogP contribution is -2.34. The monoisotopic (exact) mass is 447 g/mol. The van der Waals surface area contributed by atoms with Crippen LogP contribution in [0.25, 0.3) is 10.9 Å². The van der Waals surface area contributed by atoms with Crippen LogP contribution in [0.3, 0.4) is 0 Å². The maximum Gasteiger partial charge on any atom is 0.257 e. The van der Waals surface area contributed by atoms with Gasteiger partial charge in [0.1, 0.15) is 0 Å². The number of hydrogen-bond donors (Lipinski definition) is 2. The second-order valence-electron chi connectivity index (χ2n) is 5.24. The highest BCUT2D eigenvalue weighted by Gasteiger charge is 2.09. The number of aryl methyl sites for hydroxylation is 1. The van der Waals surface area contributed by atoms with Gasteiger partial charge in [0.15, 0.2) is 5.11 Å². The van der Waals surface area contributed by atoms with Crippen molar-refractivity contribution in [1.29, 1.82) is 0 Å². The molecule has 0 atom stereocenters. The maximum absolute atomic E-state index is 12.3. The van der Waals surface area contributed by atoms with Gasteiger partial charge in [-0.3, -0.25) is 15.1 Å². The normalized spacial score (nSPS) is 10.4. The van der Waals surface area contributed by atoms with Gasteiger partial charge in [-0.1, -0.05) is 12.1 Å². The van der Waals surface area contributed by atoms with Gasteiger partial charge >= 0.3 is 0 Å². The van der Waals surface area contributed by atoms with Crippen LogP contribution in [0.1, 0.15) is 16.1 Å². The zero-order valence-electron chi connectivity index (χ0n) is 12.8. The first-order valence-electron chi connectivity index (χ1n) is 7.27. The van der Waals surface area contributed by atoms with Crippen molar-refractivity contribution in [2.75, 3.05) is 5.32 Å². The van der Waals surface area contributed by atoms with E-state index in [1.165, 1.54) is 0 Å². The Morgan fingerprint density at radius 2 is 1.92 bits per heavy atom. The number of anilines is 1. The van der Waals surface area contributed by atoms with E-state index < -0.39 is 0 Å². The summed E-state index contributed by atoms with van der Waals surface area (Å²) in [5.41, 5.74) is 3.22. The van der Waals surface area contributed by atoms with Gasteiger partial charge in [-0.05, 0) is 84.2 Å². The average molecular weight is 447 g/mol. The first-order chi connectivity index (χ1) is 11.5. The zero-order chi connectivity index (χ0) is 17.1. The number of rotatable bonds is 2. The number of fused-ring (bicyclic) bond motifs is 1. The van der Waals surface area contributed by atoms with Crippen LogP contribution in [0.5, 0.6) is 0 Å². The molecule has 24 heavy (non-hydrogen) atoms. The van der Waals surface area contributed by atoms with E-state index in [0.717, 1.165) is 25.9 Å². The molecule has 0 fully saturated rings. The van der Waals surface area contributed by atoms with Gasteiger partial charge in [0.25, 0.3) is 5.91 Å². The van der Waals surface area contributed by atoms with Crippen molar-refractivity contribution >= 4 is 62.4 Å². The molecule has 0 saturated heterocycles. The van der Waals surface area contributed by atoms with Crippen LogP contribution in [0, 0.1) is 10.5 Å². The van der Waals surface area contributed by atoms with Crippen molar-refractivity contribution in [3.05, 3.63) is 69.4 Å². The number of thiocarbonyl (C=S) groups is 1. The van der Waals surface area contributed by atoms with E-state index in [2.05, 4.69) is 38.2 Å². The minimum Gasteiger partial charge on any atom is -0.332 e. The summed E-state index contributed by atoms with van der Waals surface area (Å²) in [4.78, 5) is 16.7. The Kier molecular flexibility index (Phi) is 5.06. The smallest absolute Gasteiger partial charge is 0.257 e. The third-order valence-electron chi connectivity index (χ3n) is 3.43. The van der Waals surface area contributed by atoms with Crippen LogP contribution < -0.4 is 10.6 Å². The van der Waals surface area contributed by atoms with Crippen LogP contribution in [-0.2, 0) is 0 Å². The lowest BCUT2D eigenvalue weighted by atomic mass is 10.1. The van der Waals surface area contributed by atoms with Crippen LogP contribution in [-0.4, -0.2) is 16.0 Å². The van der Waals surface area contributed by atoms with Crippen LogP contribution in [0.2, 0.25) is 0 Å². The van der Waals surface area contributed by atoms with E-state index in [1.807, 2.05) is 55.5 Å². The molecule has 4 nitrogen and oxygen atoms in total. The third kappa shape index (κ3) is 3.88. The number of hydrogen-bond acceptors (Lipinski definition) is 3. The molecule has 6 heteroatoms. The van der Waals surface area contributed by atoms with Crippen molar-refractivity contribution < 1.29 is 4.79 Å². The van der Waals surface area contributed by atoms with Gasteiger partial charge in [0.2, 0.25) is 0 Å². The number of nitrogens with zero attached hydrogens (tertiary/aromatic N) is 1. The Morgan fingerprint density at radius 1 is 1.12 bits per heavy atom. The first kappa shape index (κ1) is 16.8. The zero-order valence-corrected chi connectivity index (χ0v) is 15.8. The molecule has 0 aliphatic heterocycles. The van der Waals surface area contributed by atoms with Crippen molar-refractivity contribution in [1.82, 2.24) is 10.3 Å². The van der Waals surface area contributed by atoms with Gasteiger partial charge in [-0.2, -0.15) is 0 Å². The second kappa shape index (κ2) is 7.23. The minimum atomic E-state index is -0.236. The second-order valence-corrected chi connectivity index (χ2v) is 6.90. The predicted molar refractivity (Wildman–Crippen MR) is 109 cm³/mol. The number of pyridine rings is 1. The summed E-state index contributed by atoms with van der Waals surface area (Å²) < 4.78 is 0.995. The van der Waals surface area contributed by atoms with Crippen LogP contribution >= 0.6 is 34.8 Å². The standard InChI is InChI=1S/C18H14IN3OS/c1-11-8-9-14-15(20-11)6-3-7-16(14)21-18(24)22-17(23)12-4-2-5-13(19)10-12/h2-10H,1H3,(H2,21,22,23,24). The molecule has 3 aromatic rings. The number of nitrogens with one attached hydrogen (secondary N) is 2. The fourth-order valence-corrected chi connectivity index (χ4v) is 3.07. The Labute approximate surface area is 158 Å². The molecule has 0 unspecified atom stereocenters. The number of halogens is 1. The highest BCUT2D eigenvalue weighted by Crippen LogP contribution is 2.22. The van der Waals surface area contributed by atoms with E-state index in [-0.39, 0.29) is 11.0 Å². The Hall–Kier alpha value is -2.06. The lowest BCUT2D eigenvalue weighted by Gasteiger charge is -2.12. The van der Waals surface area contributed by atoms with Gasteiger partial charge in [0.05, 0.1) is 5.52 Å². The molecule has 0 aliphatic rings. The summed E-state index contributed by atoms with van der Waals surface area (Å²) in [6.45, 7) is 1.95. The van der Waals surface area contributed by atoms with Crippen molar-refractivity contribution in [2.24, 2.45) is 0 Å². The number of aromatic nitrogens is 1. The van der Waals surface area contributed by atoms with E-state index in [4.69, 9.17) is 12.2 Å². The summed E-state index contributed by atoms with van der Waals surface area (Å²) in [6, 6.07) is 17.0. The van der Waals surface area contributed by atoms with Crippen molar-refractivity contribution in [3.63, 3.8) is 0 Å². The fourth-order valence-electron chi connectivity index (χ4n) is 2.32. The van der Waals surface area contributed by atoms with Gasteiger partial charge in [0, 0.05) is 25.9 Å². The summed E-state index contributed by atoms with van der Waals surface area (Å²) >= 11 is 7.44. The molecule has 0 saturated carbocycles. The van der Waals surface area contributed by atoms with Crippen molar-refractivity contribution in [3.8, 4) is 0 Å². The minimum absolute atomic E-state index is 0.236. The predicted octanol–water partition coefficient (Wildman–Crippen LogP) is 4.27. The largest absolute Gasteiger partial charge is 0.332 e. The topological polar surface area (TPSA) is 54.0 Å². The van der Waals surface area contributed by atoms with E-state index >= 15 is 0 Å². The molecule has 3 rings (SSSR count). The van der Waals surface area contributed by atoms with E-state index in [9.17, 15) is 4.79 Å². The number of amides is 1. The maximum atomic E-state index is 12.3. The molecule has 2 aromatic carbocycles. The molecule has 0 bridgehead atoms. The fraction of sp³-hybridized carbons (Fsp3) is 0.0556.